The molecule has 7 nitrogen and oxygen atoms in total. The molecule has 27 heavy (non-hydrogen) atoms. The highest BCUT2D eigenvalue weighted by Crippen LogP contribution is 2.24. The van der Waals surface area contributed by atoms with Gasteiger partial charge in [-0.1, -0.05) is 0 Å². The van der Waals surface area contributed by atoms with E-state index in [2.05, 4.69) is 0 Å². The number of methoxy groups -OCH3 is 3. The molecular formula is C20H22O7. The summed E-state index contributed by atoms with van der Waals surface area (Å²) in [5, 5.41) is 0. The van der Waals surface area contributed by atoms with E-state index in [-0.39, 0.29) is 5.56 Å². The molecule has 0 aliphatic carbocycles. The average Bonchev–Trinajstić information content (AvgIpc) is 2.71. The van der Waals surface area contributed by atoms with Crippen molar-refractivity contribution in [2.75, 3.05) is 27.9 Å². The number of carbonyl (C=O) groups excluding carboxylic acids is 2. The van der Waals surface area contributed by atoms with Gasteiger partial charge in [-0.3, -0.25) is 4.79 Å². The van der Waals surface area contributed by atoms with Crippen molar-refractivity contribution >= 4 is 11.8 Å². The van der Waals surface area contributed by atoms with Gasteiger partial charge in [0.2, 0.25) is 5.78 Å². The first-order valence-electron chi connectivity index (χ1n) is 8.21. The van der Waals surface area contributed by atoms with E-state index in [1.807, 2.05) is 0 Å². The van der Waals surface area contributed by atoms with Gasteiger partial charge in [-0.15, -0.1) is 0 Å². The van der Waals surface area contributed by atoms with E-state index in [0.29, 0.717) is 23.0 Å². The minimum atomic E-state index is -0.876. The van der Waals surface area contributed by atoms with Crippen molar-refractivity contribution in [1.29, 1.82) is 0 Å². The van der Waals surface area contributed by atoms with Crippen LogP contribution in [0.2, 0.25) is 0 Å². The van der Waals surface area contributed by atoms with Crippen LogP contribution >= 0.6 is 0 Å². The molecule has 0 aromatic heterocycles. The number of hydrogen-bond donors (Lipinski definition) is 0. The Labute approximate surface area is 157 Å². The van der Waals surface area contributed by atoms with Gasteiger partial charge in [-0.25, -0.2) is 4.79 Å². The van der Waals surface area contributed by atoms with Gasteiger partial charge in [0.05, 0.1) is 26.9 Å². The van der Waals surface area contributed by atoms with Gasteiger partial charge in [-0.05, 0) is 49.4 Å². The molecular weight excluding hydrogens is 352 g/mol. The summed E-state index contributed by atoms with van der Waals surface area (Å²) in [5.74, 6) is 0.981. The quantitative estimate of drug-likeness (QED) is 0.493. The first kappa shape index (κ1) is 20.1. The molecule has 0 amide bonds. The molecule has 1 unspecified atom stereocenters. The van der Waals surface area contributed by atoms with Gasteiger partial charge in [0.25, 0.3) is 0 Å². The summed E-state index contributed by atoms with van der Waals surface area (Å²) in [6.45, 7) is 1.11. The van der Waals surface area contributed by atoms with Crippen LogP contribution in [0.5, 0.6) is 23.0 Å². The van der Waals surface area contributed by atoms with Crippen molar-refractivity contribution in [2.24, 2.45) is 0 Å². The Kier molecular flexibility index (Phi) is 7.05. The minimum absolute atomic E-state index is 0.272. The standard InChI is InChI=1S/C20H22O7/c1-13(27-15-7-5-14(23-2)6-8-15)20(22)26-12-18(21)17-11-16(24-3)9-10-19(17)25-4/h5-11,13H,12H2,1-4H3. The van der Waals surface area contributed by atoms with E-state index in [1.54, 1.807) is 50.4 Å². The van der Waals surface area contributed by atoms with Crippen LogP contribution in [0.3, 0.4) is 0 Å². The maximum atomic E-state index is 12.4. The van der Waals surface area contributed by atoms with Crippen LogP contribution in [0, 0.1) is 0 Å². The molecule has 0 aliphatic rings. The third-order valence-electron chi connectivity index (χ3n) is 3.76. The van der Waals surface area contributed by atoms with Crippen molar-refractivity contribution in [3.8, 4) is 23.0 Å². The lowest BCUT2D eigenvalue weighted by Gasteiger charge is -2.14. The van der Waals surface area contributed by atoms with Crippen LogP contribution in [-0.2, 0) is 9.53 Å². The zero-order valence-electron chi connectivity index (χ0n) is 15.7. The first-order chi connectivity index (χ1) is 13.0. The second kappa shape index (κ2) is 9.47. The van der Waals surface area contributed by atoms with Crippen molar-refractivity contribution in [3.63, 3.8) is 0 Å². The van der Waals surface area contributed by atoms with E-state index in [9.17, 15) is 9.59 Å². The van der Waals surface area contributed by atoms with E-state index < -0.39 is 24.5 Å². The van der Waals surface area contributed by atoms with E-state index in [0.717, 1.165) is 0 Å². The number of ether oxygens (including phenoxy) is 5. The Balaban J connectivity index is 1.94. The molecule has 7 heteroatoms. The second-order valence-electron chi connectivity index (χ2n) is 5.53. The van der Waals surface area contributed by atoms with Crippen LogP contribution in [-0.4, -0.2) is 45.8 Å². The lowest BCUT2D eigenvalue weighted by atomic mass is 10.1. The molecule has 0 spiro atoms. The summed E-state index contributed by atoms with van der Waals surface area (Å²) < 4.78 is 25.9. The molecule has 2 aromatic carbocycles. The molecule has 0 bridgehead atoms. The smallest absolute Gasteiger partial charge is 0.347 e. The van der Waals surface area contributed by atoms with E-state index >= 15 is 0 Å². The monoisotopic (exact) mass is 374 g/mol. The summed E-state index contributed by atoms with van der Waals surface area (Å²) in [5.41, 5.74) is 0.272. The number of hydrogen-bond acceptors (Lipinski definition) is 7. The topological polar surface area (TPSA) is 80.3 Å². The first-order valence-corrected chi connectivity index (χ1v) is 8.21. The number of benzene rings is 2. The highest BCUT2D eigenvalue weighted by atomic mass is 16.6. The van der Waals surface area contributed by atoms with Gasteiger partial charge in [0.15, 0.2) is 12.7 Å². The predicted octanol–water partition coefficient (Wildman–Crippen LogP) is 2.91. The van der Waals surface area contributed by atoms with E-state index in [4.69, 9.17) is 23.7 Å². The van der Waals surface area contributed by atoms with Crippen molar-refractivity contribution in [3.05, 3.63) is 48.0 Å². The van der Waals surface area contributed by atoms with Crippen LogP contribution < -0.4 is 18.9 Å². The summed E-state index contributed by atoms with van der Waals surface area (Å²) >= 11 is 0. The molecule has 0 fully saturated rings. The van der Waals surface area contributed by atoms with E-state index in [1.165, 1.54) is 20.3 Å². The van der Waals surface area contributed by atoms with Crippen molar-refractivity contribution in [2.45, 2.75) is 13.0 Å². The largest absolute Gasteiger partial charge is 0.497 e. The maximum absolute atomic E-state index is 12.4. The van der Waals surface area contributed by atoms with Gasteiger partial charge < -0.3 is 23.7 Å². The fourth-order valence-electron chi connectivity index (χ4n) is 2.27. The molecule has 0 aliphatic heterocycles. The Morgan fingerprint density at radius 1 is 0.852 bits per heavy atom. The highest BCUT2D eigenvalue weighted by molar-refractivity contribution is 6.00. The predicted molar refractivity (Wildman–Crippen MR) is 97.9 cm³/mol. The van der Waals surface area contributed by atoms with Gasteiger partial charge in [-0.2, -0.15) is 0 Å². The van der Waals surface area contributed by atoms with Crippen LogP contribution in [0.1, 0.15) is 17.3 Å². The Morgan fingerprint density at radius 2 is 1.44 bits per heavy atom. The Hall–Kier alpha value is -3.22. The summed E-state index contributed by atoms with van der Waals surface area (Å²) in [7, 11) is 4.51. The van der Waals surface area contributed by atoms with Crippen molar-refractivity contribution in [1.82, 2.24) is 0 Å². The van der Waals surface area contributed by atoms with Crippen LogP contribution in [0.15, 0.2) is 42.5 Å². The van der Waals surface area contributed by atoms with Crippen LogP contribution in [0.4, 0.5) is 0 Å². The fourth-order valence-corrected chi connectivity index (χ4v) is 2.27. The number of Topliss-reactive ketones (excluding diaryl/α,β-unsaturated/α-hetero) is 1. The number of carbonyl (C=O) groups is 2. The zero-order chi connectivity index (χ0) is 19.8. The summed E-state index contributed by atoms with van der Waals surface area (Å²) in [6, 6.07) is 11.6. The lowest BCUT2D eigenvalue weighted by molar-refractivity contribution is -0.149. The van der Waals surface area contributed by atoms with Crippen molar-refractivity contribution < 1.29 is 33.3 Å². The summed E-state index contributed by atoms with van der Waals surface area (Å²) in [4.78, 5) is 24.5. The SMILES string of the molecule is COc1ccc(OC(C)C(=O)OCC(=O)c2cc(OC)ccc2OC)cc1. The number of ketones is 1. The molecule has 0 saturated heterocycles. The average molecular weight is 374 g/mol. The molecule has 0 saturated carbocycles. The molecule has 0 N–H and O–H groups in total. The van der Waals surface area contributed by atoms with Gasteiger partial charge in [0.1, 0.15) is 23.0 Å². The van der Waals surface area contributed by atoms with Crippen LogP contribution in [0.25, 0.3) is 0 Å². The Morgan fingerprint density at radius 3 is 2.04 bits per heavy atom. The second-order valence-corrected chi connectivity index (χ2v) is 5.53. The number of rotatable bonds is 9. The molecule has 0 radical (unpaired) electrons. The molecule has 1 atom stereocenters. The van der Waals surface area contributed by atoms with Gasteiger partial charge >= 0.3 is 5.97 Å². The van der Waals surface area contributed by atoms with Gasteiger partial charge in [0, 0.05) is 0 Å². The minimum Gasteiger partial charge on any atom is -0.497 e. The normalized spacial score (nSPS) is 11.3. The maximum Gasteiger partial charge on any atom is 0.347 e. The molecule has 2 aromatic rings. The zero-order valence-corrected chi connectivity index (χ0v) is 15.7. The fraction of sp³-hybridized carbons (Fsp3) is 0.300. The highest BCUT2D eigenvalue weighted by Gasteiger charge is 2.20. The third-order valence-corrected chi connectivity index (χ3v) is 3.76. The number of esters is 1. The summed E-state index contributed by atoms with van der Waals surface area (Å²) in [6.07, 6.45) is -0.876. The molecule has 0 heterocycles. The lowest BCUT2D eigenvalue weighted by Crippen LogP contribution is -2.28. The molecule has 2 rings (SSSR count). The Bertz CT molecular complexity index is 783. The third kappa shape index (κ3) is 5.37. The molecule has 144 valence electrons.